The number of oxazole rings is 1. The van der Waals surface area contributed by atoms with Crippen molar-refractivity contribution >= 4 is 12.2 Å². The molecule has 1 fully saturated rings. The van der Waals surface area contributed by atoms with Gasteiger partial charge < -0.3 is 14.1 Å². The van der Waals surface area contributed by atoms with Crippen molar-refractivity contribution in [2.75, 3.05) is 13.1 Å². The van der Waals surface area contributed by atoms with Crippen molar-refractivity contribution in [3.05, 3.63) is 82.1 Å². The molecule has 5 rings (SSSR count). The average Bonchev–Trinajstić information content (AvgIpc) is 3.55. The van der Waals surface area contributed by atoms with Gasteiger partial charge in [-0.2, -0.15) is 0 Å². The zero-order valence-electron chi connectivity index (χ0n) is 17.8. The number of carbonyl (C=O) groups is 1. The summed E-state index contributed by atoms with van der Waals surface area (Å²) in [6.45, 7) is 3.31. The first kappa shape index (κ1) is 20.2. The summed E-state index contributed by atoms with van der Waals surface area (Å²) in [4.78, 5) is 35.8. The summed E-state index contributed by atoms with van der Waals surface area (Å²) < 4.78 is 12.5. The minimum atomic E-state index is -0.504. The summed E-state index contributed by atoms with van der Waals surface area (Å²) in [6, 6.07) is 9.59. The van der Waals surface area contributed by atoms with Crippen molar-refractivity contribution < 1.29 is 13.9 Å². The summed E-state index contributed by atoms with van der Waals surface area (Å²) in [5.74, 6) is 0.572. The smallest absolute Gasteiger partial charge is 0.425 e. The predicted octanol–water partition coefficient (Wildman–Crippen LogP) is 3.55. The van der Waals surface area contributed by atoms with E-state index in [1.54, 1.807) is 17.3 Å². The number of allylic oxidation sites excluding steroid dienone is 1. The van der Waals surface area contributed by atoms with Crippen molar-refractivity contribution in [1.29, 1.82) is 0 Å². The zero-order chi connectivity index (χ0) is 22.1. The Balaban J connectivity index is 1.32. The van der Waals surface area contributed by atoms with Gasteiger partial charge >= 0.3 is 11.8 Å². The topological polar surface area (TPSA) is 90.5 Å². The molecule has 2 aliphatic rings. The van der Waals surface area contributed by atoms with Crippen molar-refractivity contribution in [2.45, 2.75) is 32.3 Å². The predicted molar refractivity (Wildman–Crippen MR) is 117 cm³/mol. The lowest BCUT2D eigenvalue weighted by molar-refractivity contribution is 0.103. The Morgan fingerprint density at radius 2 is 2.09 bits per heavy atom. The fraction of sp³-hybridized carbons (Fsp3) is 0.333. The second-order valence-corrected chi connectivity index (χ2v) is 8.16. The molecule has 8 nitrogen and oxygen atoms in total. The number of aromatic nitrogens is 3. The van der Waals surface area contributed by atoms with Gasteiger partial charge in [0.15, 0.2) is 5.82 Å². The number of ether oxygens (including phenoxy) is 1. The number of benzene rings is 1. The first-order chi connectivity index (χ1) is 15.6. The van der Waals surface area contributed by atoms with E-state index in [-0.39, 0.29) is 24.5 Å². The van der Waals surface area contributed by atoms with E-state index in [0.717, 1.165) is 29.8 Å². The van der Waals surface area contributed by atoms with Crippen LogP contribution in [0.1, 0.15) is 42.0 Å². The fourth-order valence-electron chi connectivity index (χ4n) is 4.36. The van der Waals surface area contributed by atoms with Crippen LogP contribution in [0, 0.1) is 5.92 Å². The van der Waals surface area contributed by atoms with E-state index < -0.39 is 5.76 Å². The third kappa shape index (κ3) is 3.84. The van der Waals surface area contributed by atoms with Crippen LogP contribution >= 0.6 is 0 Å². The van der Waals surface area contributed by atoms with Gasteiger partial charge in [-0.05, 0) is 17.6 Å². The Hall–Kier alpha value is -3.68. The van der Waals surface area contributed by atoms with E-state index in [0.29, 0.717) is 24.7 Å². The van der Waals surface area contributed by atoms with Crippen LogP contribution in [0.4, 0.5) is 4.79 Å². The molecular weight excluding hydrogens is 408 g/mol. The Bertz CT molecular complexity index is 1210. The normalized spacial score (nSPS) is 19.3. The van der Waals surface area contributed by atoms with E-state index in [2.05, 4.69) is 16.9 Å². The maximum atomic E-state index is 12.6. The van der Waals surface area contributed by atoms with Crippen LogP contribution in [0.2, 0.25) is 0 Å². The Morgan fingerprint density at radius 3 is 2.91 bits per heavy atom. The largest absolute Gasteiger partial charge is 0.445 e. The van der Waals surface area contributed by atoms with Crippen molar-refractivity contribution in [2.24, 2.45) is 5.92 Å². The second kappa shape index (κ2) is 8.45. The second-order valence-electron chi connectivity index (χ2n) is 8.16. The maximum absolute atomic E-state index is 12.6. The molecule has 0 radical (unpaired) electrons. The molecule has 1 amide bonds. The van der Waals surface area contributed by atoms with Crippen LogP contribution in [-0.2, 0) is 17.8 Å². The Kier molecular flexibility index (Phi) is 5.34. The van der Waals surface area contributed by atoms with Crippen molar-refractivity contribution in [1.82, 2.24) is 19.4 Å². The molecule has 8 heteroatoms. The van der Waals surface area contributed by atoms with Gasteiger partial charge in [0.2, 0.25) is 0 Å². The third-order valence-electron chi connectivity index (χ3n) is 6.15. The molecule has 1 aliphatic heterocycles. The van der Waals surface area contributed by atoms with Crippen LogP contribution in [0.25, 0.3) is 11.9 Å². The summed E-state index contributed by atoms with van der Waals surface area (Å²) in [5.41, 5.74) is 2.62. The Morgan fingerprint density at radius 1 is 1.25 bits per heavy atom. The van der Waals surface area contributed by atoms with Crippen LogP contribution in [-0.4, -0.2) is 38.6 Å². The Labute approximate surface area is 185 Å². The number of hydrogen-bond acceptors (Lipinski definition) is 6. The monoisotopic (exact) mass is 432 g/mol. The minimum absolute atomic E-state index is 0.0829. The lowest BCUT2D eigenvalue weighted by Gasteiger charge is -2.16. The molecule has 1 saturated heterocycles. The van der Waals surface area contributed by atoms with Crippen LogP contribution < -0.4 is 5.76 Å². The van der Waals surface area contributed by atoms with E-state index >= 15 is 0 Å². The zero-order valence-corrected chi connectivity index (χ0v) is 17.8. The molecular formula is C24H24N4O4. The number of amides is 1. The van der Waals surface area contributed by atoms with Gasteiger partial charge in [0.25, 0.3) is 0 Å². The van der Waals surface area contributed by atoms with E-state index in [1.807, 2.05) is 42.5 Å². The number of rotatable bonds is 5. The highest BCUT2D eigenvalue weighted by Gasteiger charge is 2.38. The molecule has 164 valence electrons. The number of nitrogens with zero attached hydrogens (tertiary/aromatic N) is 4. The molecule has 1 aromatic carbocycles. The third-order valence-corrected chi connectivity index (χ3v) is 6.15. The molecule has 3 heterocycles. The SMILES string of the molecule is CC[C@@H]1CN(C(=O)OCc2ccccc2)C[C@@H]1c1cn(-c2cnc3c(n2)C=CC3)c(=O)o1. The number of hydrogen-bond donors (Lipinski definition) is 0. The summed E-state index contributed by atoms with van der Waals surface area (Å²) in [7, 11) is 0. The lowest BCUT2D eigenvalue weighted by Crippen LogP contribution is -2.29. The van der Waals surface area contributed by atoms with Crippen LogP contribution in [0.3, 0.4) is 0 Å². The van der Waals surface area contributed by atoms with Gasteiger partial charge in [-0.3, -0.25) is 4.98 Å². The number of likely N-dealkylation sites (tertiary alicyclic amines) is 1. The van der Waals surface area contributed by atoms with Crippen LogP contribution in [0.5, 0.6) is 0 Å². The summed E-state index contributed by atoms with van der Waals surface area (Å²) in [6.07, 6.45) is 8.42. The quantitative estimate of drug-likeness (QED) is 0.612. The van der Waals surface area contributed by atoms with Crippen molar-refractivity contribution in [3.63, 3.8) is 0 Å². The van der Waals surface area contributed by atoms with E-state index in [9.17, 15) is 9.59 Å². The van der Waals surface area contributed by atoms with E-state index in [4.69, 9.17) is 9.15 Å². The standard InChI is InChI=1S/C24H24N4O4/c1-2-17-12-27(23(29)31-15-16-7-4-3-5-8-16)13-18(17)21-14-28(24(30)32-21)22-11-25-19-9-6-10-20(19)26-22/h3-8,10-11,14,17-18H,2,9,12-13,15H2,1H3/t17-,18+/m1/s1. The van der Waals surface area contributed by atoms with Gasteiger partial charge in [0.1, 0.15) is 12.4 Å². The molecule has 0 saturated carbocycles. The number of fused-ring (bicyclic) bond motifs is 1. The van der Waals surface area contributed by atoms with E-state index in [1.165, 1.54) is 4.57 Å². The van der Waals surface area contributed by atoms with Crippen LogP contribution in [0.15, 0.2) is 58.0 Å². The lowest BCUT2D eigenvalue weighted by atomic mass is 9.92. The fourth-order valence-corrected chi connectivity index (χ4v) is 4.36. The maximum Gasteiger partial charge on any atom is 0.425 e. The first-order valence-electron chi connectivity index (χ1n) is 10.8. The minimum Gasteiger partial charge on any atom is -0.445 e. The molecule has 0 bridgehead atoms. The van der Waals surface area contributed by atoms with Gasteiger partial charge in [0, 0.05) is 25.4 Å². The van der Waals surface area contributed by atoms with Gasteiger partial charge in [-0.1, -0.05) is 49.8 Å². The molecule has 0 spiro atoms. The average molecular weight is 432 g/mol. The highest BCUT2D eigenvalue weighted by atomic mass is 16.6. The van der Waals surface area contributed by atoms with Gasteiger partial charge in [-0.15, -0.1) is 0 Å². The highest BCUT2D eigenvalue weighted by molar-refractivity contribution is 5.68. The number of carbonyl (C=O) groups excluding carboxylic acids is 1. The molecule has 2 aromatic heterocycles. The highest BCUT2D eigenvalue weighted by Crippen LogP contribution is 2.35. The summed E-state index contributed by atoms with van der Waals surface area (Å²) in [5, 5.41) is 0. The molecule has 32 heavy (non-hydrogen) atoms. The van der Waals surface area contributed by atoms with Gasteiger partial charge in [0.05, 0.1) is 23.8 Å². The molecule has 2 atom stereocenters. The first-order valence-corrected chi connectivity index (χ1v) is 10.8. The summed E-state index contributed by atoms with van der Waals surface area (Å²) >= 11 is 0. The molecule has 0 unspecified atom stereocenters. The van der Waals surface area contributed by atoms with Gasteiger partial charge in [-0.25, -0.2) is 19.1 Å². The molecule has 0 N–H and O–H groups in total. The molecule has 3 aromatic rings. The molecule has 1 aliphatic carbocycles. The van der Waals surface area contributed by atoms with Crippen molar-refractivity contribution in [3.8, 4) is 5.82 Å².